The average molecular weight is 416 g/mol. The van der Waals surface area contributed by atoms with E-state index in [0.29, 0.717) is 34.6 Å². The molecular formula is C20H15ClFN3O2S. The van der Waals surface area contributed by atoms with Crippen LogP contribution in [0.5, 0.6) is 5.75 Å². The van der Waals surface area contributed by atoms with Gasteiger partial charge in [0.2, 0.25) is 5.89 Å². The van der Waals surface area contributed by atoms with Gasteiger partial charge in [0.15, 0.2) is 0 Å². The largest absolute Gasteiger partial charge is 0.496 e. The van der Waals surface area contributed by atoms with Gasteiger partial charge in [-0.05, 0) is 23.6 Å². The molecule has 1 aliphatic heterocycles. The molecule has 0 unspecified atom stereocenters. The fourth-order valence-corrected chi connectivity index (χ4v) is 4.74. The molecular weight excluding hydrogens is 401 g/mol. The van der Waals surface area contributed by atoms with Crippen LogP contribution in [0.1, 0.15) is 11.5 Å². The summed E-state index contributed by atoms with van der Waals surface area (Å²) in [6.45, 7) is 1.50. The van der Waals surface area contributed by atoms with Crippen molar-refractivity contribution >= 4 is 33.0 Å². The second-order valence-electron chi connectivity index (χ2n) is 6.45. The van der Waals surface area contributed by atoms with Crippen molar-refractivity contribution in [2.75, 3.05) is 13.7 Å². The van der Waals surface area contributed by atoms with Crippen molar-refractivity contribution in [2.45, 2.75) is 13.0 Å². The van der Waals surface area contributed by atoms with Gasteiger partial charge in [0, 0.05) is 46.8 Å². The van der Waals surface area contributed by atoms with Gasteiger partial charge in [-0.25, -0.2) is 14.4 Å². The molecule has 28 heavy (non-hydrogen) atoms. The molecule has 1 aromatic carbocycles. The van der Waals surface area contributed by atoms with Crippen molar-refractivity contribution < 1.29 is 13.5 Å². The Bertz CT molecular complexity index is 1180. The monoisotopic (exact) mass is 415 g/mol. The van der Waals surface area contributed by atoms with E-state index in [0.717, 1.165) is 40.1 Å². The average Bonchev–Trinajstić information content (AvgIpc) is 3.35. The van der Waals surface area contributed by atoms with Crippen LogP contribution in [0.3, 0.4) is 0 Å². The Morgan fingerprint density at radius 3 is 3.00 bits per heavy atom. The molecule has 0 spiro atoms. The summed E-state index contributed by atoms with van der Waals surface area (Å²) >= 11 is 8.00. The first-order valence-electron chi connectivity index (χ1n) is 8.76. The lowest BCUT2D eigenvalue weighted by atomic mass is 10.0. The van der Waals surface area contributed by atoms with Crippen molar-refractivity contribution in [1.29, 1.82) is 0 Å². The molecule has 5 nitrogen and oxygen atoms in total. The number of hydrogen-bond donors (Lipinski definition) is 1. The number of benzene rings is 1. The number of methoxy groups -OCH3 is 1. The van der Waals surface area contributed by atoms with Crippen LogP contribution in [0.2, 0.25) is 5.15 Å². The van der Waals surface area contributed by atoms with Gasteiger partial charge in [0.05, 0.1) is 12.8 Å². The van der Waals surface area contributed by atoms with Crippen molar-refractivity contribution in [3.05, 3.63) is 52.1 Å². The minimum Gasteiger partial charge on any atom is -0.496 e. The maximum absolute atomic E-state index is 13.8. The SMILES string of the molecule is COc1cc(F)ccc1-c1c(-c2nc3c(o2)CCNC3)nc(Cl)c2ccsc12. The summed E-state index contributed by atoms with van der Waals surface area (Å²) in [4.78, 5) is 9.26. The molecule has 3 aromatic heterocycles. The first kappa shape index (κ1) is 17.6. The standard InChI is InChI=1S/C20H15ClFN3O2S/c1-26-15-8-10(22)2-3-11(15)16-17(25-19(21)12-5-7-28-18(12)16)20-24-13-9-23-6-4-14(13)27-20/h2-3,5,7-8,23H,4,6,9H2,1H3. The highest BCUT2D eigenvalue weighted by molar-refractivity contribution is 7.18. The van der Waals surface area contributed by atoms with Crippen LogP contribution >= 0.6 is 22.9 Å². The highest BCUT2D eigenvalue weighted by Crippen LogP contribution is 2.45. The van der Waals surface area contributed by atoms with Crippen LogP contribution in [0, 0.1) is 5.82 Å². The zero-order valence-corrected chi connectivity index (χ0v) is 16.5. The third kappa shape index (κ3) is 2.78. The predicted octanol–water partition coefficient (Wildman–Crippen LogP) is 5.07. The molecule has 0 atom stereocenters. The van der Waals surface area contributed by atoms with E-state index in [1.54, 1.807) is 6.07 Å². The van der Waals surface area contributed by atoms with E-state index >= 15 is 0 Å². The number of thiophene rings is 1. The fourth-order valence-electron chi connectivity index (χ4n) is 3.49. The minimum absolute atomic E-state index is 0.371. The van der Waals surface area contributed by atoms with Crippen LogP contribution in [0.4, 0.5) is 4.39 Å². The van der Waals surface area contributed by atoms with Crippen molar-refractivity contribution in [3.63, 3.8) is 0 Å². The van der Waals surface area contributed by atoms with E-state index in [1.165, 1.54) is 30.6 Å². The molecule has 8 heteroatoms. The van der Waals surface area contributed by atoms with Gasteiger partial charge >= 0.3 is 0 Å². The molecule has 4 heterocycles. The number of hydrogen-bond acceptors (Lipinski definition) is 6. The highest BCUT2D eigenvalue weighted by Gasteiger charge is 2.25. The zero-order chi connectivity index (χ0) is 19.3. The Hall–Kier alpha value is -2.48. The summed E-state index contributed by atoms with van der Waals surface area (Å²) in [5.41, 5.74) is 2.89. The summed E-state index contributed by atoms with van der Waals surface area (Å²) in [5.74, 6) is 1.31. The molecule has 0 saturated carbocycles. The second kappa shape index (κ2) is 6.84. The van der Waals surface area contributed by atoms with Gasteiger partial charge in [-0.1, -0.05) is 11.6 Å². The van der Waals surface area contributed by atoms with Crippen molar-refractivity contribution in [3.8, 4) is 28.5 Å². The first-order chi connectivity index (χ1) is 13.7. The third-order valence-corrected chi connectivity index (χ3v) is 6.02. The predicted molar refractivity (Wildman–Crippen MR) is 107 cm³/mol. The number of nitrogens with zero attached hydrogens (tertiary/aromatic N) is 2. The lowest BCUT2D eigenvalue weighted by Crippen LogP contribution is -2.22. The molecule has 4 aromatic rings. The number of pyridine rings is 1. The van der Waals surface area contributed by atoms with Crippen LogP contribution in [-0.2, 0) is 13.0 Å². The molecule has 0 bridgehead atoms. The van der Waals surface area contributed by atoms with Crippen LogP contribution in [0.25, 0.3) is 32.8 Å². The van der Waals surface area contributed by atoms with E-state index in [9.17, 15) is 4.39 Å². The van der Waals surface area contributed by atoms with E-state index in [4.69, 9.17) is 20.8 Å². The summed E-state index contributed by atoms with van der Waals surface area (Å²) < 4.78 is 26.2. The lowest BCUT2D eigenvalue weighted by molar-refractivity contribution is 0.413. The smallest absolute Gasteiger partial charge is 0.246 e. The first-order valence-corrected chi connectivity index (χ1v) is 10.0. The summed E-state index contributed by atoms with van der Waals surface area (Å²) in [6, 6.07) is 6.37. The van der Waals surface area contributed by atoms with Crippen LogP contribution in [0.15, 0.2) is 34.1 Å². The Morgan fingerprint density at radius 2 is 2.18 bits per heavy atom. The molecule has 0 saturated heterocycles. The number of oxazole rings is 1. The van der Waals surface area contributed by atoms with Gasteiger partial charge in [0.1, 0.15) is 28.2 Å². The van der Waals surface area contributed by atoms with Gasteiger partial charge in [-0.3, -0.25) is 0 Å². The number of halogens is 2. The Balaban J connectivity index is 1.83. The van der Waals surface area contributed by atoms with E-state index < -0.39 is 0 Å². The number of nitrogens with one attached hydrogen (secondary N) is 1. The van der Waals surface area contributed by atoms with Gasteiger partial charge in [-0.2, -0.15) is 0 Å². The van der Waals surface area contributed by atoms with Crippen molar-refractivity contribution in [1.82, 2.24) is 15.3 Å². The quantitative estimate of drug-likeness (QED) is 0.473. The van der Waals surface area contributed by atoms with Gasteiger partial charge < -0.3 is 14.5 Å². The molecule has 0 aliphatic carbocycles. The third-order valence-electron chi connectivity index (χ3n) is 4.80. The summed E-state index contributed by atoms with van der Waals surface area (Å²) in [7, 11) is 1.52. The number of ether oxygens (including phenoxy) is 1. The Kier molecular flexibility index (Phi) is 4.30. The summed E-state index contributed by atoms with van der Waals surface area (Å²) in [6.07, 6.45) is 0.770. The number of fused-ring (bicyclic) bond motifs is 2. The maximum atomic E-state index is 13.8. The second-order valence-corrected chi connectivity index (χ2v) is 7.72. The Morgan fingerprint density at radius 1 is 1.29 bits per heavy atom. The molecule has 1 N–H and O–H groups in total. The maximum Gasteiger partial charge on any atom is 0.246 e. The Labute approximate surface area is 169 Å². The molecule has 142 valence electrons. The van der Waals surface area contributed by atoms with E-state index in [1.807, 2.05) is 11.4 Å². The normalized spacial score (nSPS) is 13.7. The molecule has 0 fully saturated rings. The van der Waals surface area contributed by atoms with Crippen LogP contribution < -0.4 is 10.1 Å². The zero-order valence-electron chi connectivity index (χ0n) is 14.9. The van der Waals surface area contributed by atoms with Gasteiger partial charge in [0.25, 0.3) is 0 Å². The molecule has 0 amide bonds. The van der Waals surface area contributed by atoms with Crippen molar-refractivity contribution in [2.24, 2.45) is 0 Å². The number of aromatic nitrogens is 2. The topological polar surface area (TPSA) is 60.2 Å². The lowest BCUT2D eigenvalue weighted by Gasteiger charge is -2.13. The highest BCUT2D eigenvalue weighted by atomic mass is 35.5. The number of rotatable bonds is 3. The van der Waals surface area contributed by atoms with Gasteiger partial charge in [-0.15, -0.1) is 11.3 Å². The van der Waals surface area contributed by atoms with Crippen LogP contribution in [-0.4, -0.2) is 23.6 Å². The summed E-state index contributed by atoms with van der Waals surface area (Å²) in [5, 5.41) is 6.44. The van der Waals surface area contributed by atoms with E-state index in [2.05, 4.69) is 15.3 Å². The molecule has 5 rings (SSSR count). The molecule has 0 radical (unpaired) electrons. The minimum atomic E-state index is -0.371. The van der Waals surface area contributed by atoms with E-state index in [-0.39, 0.29) is 5.82 Å². The molecule has 1 aliphatic rings. The fraction of sp³-hybridized carbons (Fsp3) is 0.200.